The smallest absolute Gasteiger partial charge is 0.180 e. The minimum absolute atomic E-state index is 0.445. The van der Waals surface area contributed by atoms with E-state index in [2.05, 4.69) is 62.1 Å². The number of anilines is 2. The lowest BCUT2D eigenvalue weighted by Crippen LogP contribution is -2.47. The van der Waals surface area contributed by atoms with E-state index in [1.165, 1.54) is 18.5 Å². The van der Waals surface area contributed by atoms with E-state index in [0.717, 1.165) is 24.4 Å². The van der Waals surface area contributed by atoms with E-state index in [-0.39, 0.29) is 0 Å². The first-order valence-electron chi connectivity index (χ1n) is 8.42. The maximum absolute atomic E-state index is 4.68. The number of pyridine rings is 1. The SMILES string of the molecule is CN(c1ccc2nccnc2n1)C1CCCN(c2ccccc2)C1. The molecule has 0 amide bonds. The average Bonchev–Trinajstić information content (AvgIpc) is 2.68. The zero-order chi connectivity index (χ0) is 16.4. The molecule has 3 heterocycles. The van der Waals surface area contributed by atoms with Crippen molar-refractivity contribution in [2.45, 2.75) is 18.9 Å². The number of fused-ring (bicyclic) bond motifs is 1. The maximum atomic E-state index is 4.68. The topological polar surface area (TPSA) is 45.2 Å². The van der Waals surface area contributed by atoms with Gasteiger partial charge in [0.1, 0.15) is 11.3 Å². The highest BCUT2D eigenvalue weighted by Gasteiger charge is 2.24. The van der Waals surface area contributed by atoms with E-state index in [1.54, 1.807) is 12.4 Å². The molecule has 0 bridgehead atoms. The number of rotatable bonds is 3. The summed E-state index contributed by atoms with van der Waals surface area (Å²) >= 11 is 0. The maximum Gasteiger partial charge on any atom is 0.180 e. The first-order valence-corrected chi connectivity index (χ1v) is 8.42. The summed E-state index contributed by atoms with van der Waals surface area (Å²) in [6.45, 7) is 2.13. The number of hydrogen-bond acceptors (Lipinski definition) is 5. The lowest BCUT2D eigenvalue weighted by atomic mass is 10.0. The van der Waals surface area contributed by atoms with Crippen molar-refractivity contribution in [3.8, 4) is 0 Å². The van der Waals surface area contributed by atoms with Crippen molar-refractivity contribution in [2.75, 3.05) is 29.9 Å². The summed E-state index contributed by atoms with van der Waals surface area (Å²) in [5.74, 6) is 0.961. The van der Waals surface area contributed by atoms with Crippen LogP contribution in [0.4, 0.5) is 11.5 Å². The van der Waals surface area contributed by atoms with Crippen LogP contribution in [-0.4, -0.2) is 41.1 Å². The molecule has 1 unspecified atom stereocenters. The Bertz CT molecular complexity index is 820. The van der Waals surface area contributed by atoms with Gasteiger partial charge >= 0.3 is 0 Å². The fourth-order valence-electron chi connectivity index (χ4n) is 3.37. The summed E-state index contributed by atoms with van der Waals surface area (Å²) in [5.41, 5.74) is 2.84. The molecule has 24 heavy (non-hydrogen) atoms. The first kappa shape index (κ1) is 14.9. The number of hydrogen-bond donors (Lipinski definition) is 0. The number of benzene rings is 1. The van der Waals surface area contributed by atoms with Crippen LogP contribution in [0.1, 0.15) is 12.8 Å². The van der Waals surface area contributed by atoms with Crippen LogP contribution in [0.2, 0.25) is 0 Å². The van der Waals surface area contributed by atoms with Crippen LogP contribution >= 0.6 is 0 Å². The Labute approximate surface area is 142 Å². The molecule has 2 aromatic heterocycles. The molecule has 1 saturated heterocycles. The predicted octanol–water partition coefficient (Wildman–Crippen LogP) is 3.13. The standard InChI is InChI=1S/C19H21N5/c1-23(18-10-9-17-19(22-18)21-12-11-20-17)16-8-5-13-24(14-16)15-6-3-2-4-7-15/h2-4,6-7,9-12,16H,5,8,13-14H2,1H3. The van der Waals surface area contributed by atoms with Gasteiger partial charge in [0.2, 0.25) is 0 Å². The van der Waals surface area contributed by atoms with Gasteiger partial charge in [-0.15, -0.1) is 0 Å². The summed E-state index contributed by atoms with van der Waals surface area (Å²) in [6.07, 6.45) is 5.76. The summed E-state index contributed by atoms with van der Waals surface area (Å²) in [6, 6.07) is 15.1. The van der Waals surface area contributed by atoms with Gasteiger partial charge in [-0.05, 0) is 37.1 Å². The Kier molecular flexibility index (Phi) is 3.99. The molecule has 0 N–H and O–H groups in total. The van der Waals surface area contributed by atoms with Crippen molar-refractivity contribution in [3.63, 3.8) is 0 Å². The fraction of sp³-hybridized carbons (Fsp3) is 0.316. The van der Waals surface area contributed by atoms with Gasteiger partial charge in [0, 0.05) is 44.3 Å². The summed E-state index contributed by atoms with van der Waals surface area (Å²) in [7, 11) is 2.13. The lowest BCUT2D eigenvalue weighted by Gasteiger charge is -2.39. The Morgan fingerprint density at radius 1 is 1.04 bits per heavy atom. The second kappa shape index (κ2) is 6.43. The molecule has 0 saturated carbocycles. The van der Waals surface area contributed by atoms with Crippen molar-refractivity contribution in [1.82, 2.24) is 15.0 Å². The van der Waals surface area contributed by atoms with E-state index in [9.17, 15) is 0 Å². The van der Waals surface area contributed by atoms with Crippen LogP contribution in [0.25, 0.3) is 11.2 Å². The highest BCUT2D eigenvalue weighted by Crippen LogP contribution is 2.24. The molecule has 1 atom stereocenters. The second-order valence-electron chi connectivity index (χ2n) is 6.26. The Balaban J connectivity index is 1.55. The quantitative estimate of drug-likeness (QED) is 0.742. The molecular weight excluding hydrogens is 298 g/mol. The number of para-hydroxylation sites is 1. The molecule has 0 radical (unpaired) electrons. The summed E-state index contributed by atoms with van der Waals surface area (Å²) in [4.78, 5) is 18.0. The Morgan fingerprint density at radius 2 is 1.88 bits per heavy atom. The molecule has 3 aromatic rings. The first-order chi connectivity index (χ1) is 11.8. The van der Waals surface area contributed by atoms with E-state index in [1.807, 2.05) is 12.1 Å². The molecule has 5 nitrogen and oxygen atoms in total. The van der Waals surface area contributed by atoms with Gasteiger partial charge in [-0.3, -0.25) is 4.98 Å². The van der Waals surface area contributed by atoms with Crippen molar-refractivity contribution < 1.29 is 0 Å². The van der Waals surface area contributed by atoms with Crippen LogP contribution in [0.3, 0.4) is 0 Å². The van der Waals surface area contributed by atoms with Gasteiger partial charge < -0.3 is 9.80 Å². The van der Waals surface area contributed by atoms with Gasteiger partial charge in [-0.1, -0.05) is 18.2 Å². The van der Waals surface area contributed by atoms with Crippen LogP contribution < -0.4 is 9.80 Å². The fourth-order valence-corrected chi connectivity index (χ4v) is 3.37. The molecule has 1 aromatic carbocycles. The van der Waals surface area contributed by atoms with Gasteiger partial charge in [-0.2, -0.15) is 0 Å². The van der Waals surface area contributed by atoms with Crippen LogP contribution in [0.15, 0.2) is 54.9 Å². The van der Waals surface area contributed by atoms with Crippen LogP contribution in [0, 0.1) is 0 Å². The molecule has 4 rings (SSSR count). The van der Waals surface area contributed by atoms with E-state index >= 15 is 0 Å². The van der Waals surface area contributed by atoms with Gasteiger partial charge in [0.25, 0.3) is 0 Å². The highest BCUT2D eigenvalue weighted by molar-refractivity contribution is 5.71. The molecule has 1 aliphatic heterocycles. The largest absolute Gasteiger partial charge is 0.369 e. The molecule has 0 aliphatic carbocycles. The zero-order valence-electron chi connectivity index (χ0n) is 13.8. The summed E-state index contributed by atoms with van der Waals surface area (Å²) in [5, 5.41) is 0. The molecule has 1 fully saturated rings. The minimum atomic E-state index is 0.445. The van der Waals surface area contributed by atoms with Crippen LogP contribution in [-0.2, 0) is 0 Å². The third-order valence-corrected chi connectivity index (χ3v) is 4.74. The van der Waals surface area contributed by atoms with Crippen molar-refractivity contribution in [3.05, 3.63) is 54.9 Å². The van der Waals surface area contributed by atoms with Crippen molar-refractivity contribution >= 4 is 22.7 Å². The zero-order valence-corrected chi connectivity index (χ0v) is 13.8. The van der Waals surface area contributed by atoms with Crippen LogP contribution in [0.5, 0.6) is 0 Å². The normalized spacial score (nSPS) is 17.9. The Morgan fingerprint density at radius 3 is 2.75 bits per heavy atom. The molecule has 122 valence electrons. The third-order valence-electron chi connectivity index (χ3n) is 4.74. The number of nitrogens with zero attached hydrogens (tertiary/aromatic N) is 5. The van der Waals surface area contributed by atoms with Gasteiger partial charge in [0.05, 0.1) is 0 Å². The van der Waals surface area contributed by atoms with Crippen molar-refractivity contribution in [2.24, 2.45) is 0 Å². The lowest BCUT2D eigenvalue weighted by molar-refractivity contribution is 0.486. The van der Waals surface area contributed by atoms with E-state index < -0.39 is 0 Å². The number of likely N-dealkylation sites (N-methyl/N-ethyl adjacent to an activating group) is 1. The van der Waals surface area contributed by atoms with E-state index in [0.29, 0.717) is 11.7 Å². The van der Waals surface area contributed by atoms with Gasteiger partial charge in [0.15, 0.2) is 5.65 Å². The average molecular weight is 319 g/mol. The monoisotopic (exact) mass is 319 g/mol. The van der Waals surface area contributed by atoms with Gasteiger partial charge in [-0.25, -0.2) is 9.97 Å². The summed E-state index contributed by atoms with van der Waals surface area (Å²) < 4.78 is 0. The molecule has 1 aliphatic rings. The second-order valence-corrected chi connectivity index (χ2v) is 6.26. The molecule has 5 heteroatoms. The molecule has 0 spiro atoms. The predicted molar refractivity (Wildman–Crippen MR) is 97.4 cm³/mol. The third kappa shape index (κ3) is 2.89. The number of aromatic nitrogens is 3. The minimum Gasteiger partial charge on any atom is -0.369 e. The molecular formula is C19H21N5. The van der Waals surface area contributed by atoms with E-state index in [4.69, 9.17) is 0 Å². The Hall–Kier alpha value is -2.69. The van der Waals surface area contributed by atoms with Crippen molar-refractivity contribution in [1.29, 1.82) is 0 Å². The highest BCUT2D eigenvalue weighted by atomic mass is 15.3. The number of piperidine rings is 1.